The fourth-order valence-electron chi connectivity index (χ4n) is 4.72. The highest BCUT2D eigenvalue weighted by atomic mass is 16.2. The van der Waals surface area contributed by atoms with Crippen molar-refractivity contribution in [3.05, 3.63) is 77.9 Å². The van der Waals surface area contributed by atoms with Gasteiger partial charge in [-0.2, -0.15) is 0 Å². The van der Waals surface area contributed by atoms with E-state index in [1.54, 1.807) is 17.4 Å². The Bertz CT molecular complexity index is 1220. The van der Waals surface area contributed by atoms with Gasteiger partial charge in [0.05, 0.1) is 13.1 Å². The molecule has 38 heavy (non-hydrogen) atoms. The molecule has 0 saturated heterocycles. The van der Waals surface area contributed by atoms with Gasteiger partial charge in [-0.1, -0.05) is 50.2 Å². The molecule has 0 unspecified atom stereocenters. The van der Waals surface area contributed by atoms with Crippen LogP contribution in [0.4, 0.5) is 5.69 Å². The number of hydrogen-bond acceptors (Lipinski definition) is 6. The standard InChI is InChI=1S/C30H38N6O2/c1-22(2)8-7-13-33-29(37)19-35(28-14-24(12-11-23(28)3)27-15-31-21-32-16-27)20-30(38)34(4)36-17-25-9-5-6-10-26(25)18-36/h5-6,9-12,14-16,21-22H,7-8,13,17-20H2,1-4H3,(H,33,37). The zero-order valence-corrected chi connectivity index (χ0v) is 22.9. The fraction of sp³-hybridized carbons (Fsp3) is 0.400. The normalized spacial score (nSPS) is 12.9. The Kier molecular flexibility index (Phi) is 9.07. The molecule has 0 aliphatic carbocycles. The molecule has 1 aliphatic rings. The number of likely N-dealkylation sites (N-methyl/N-ethyl adjacent to an activating group) is 1. The zero-order valence-electron chi connectivity index (χ0n) is 22.9. The molecule has 1 N–H and O–H groups in total. The third-order valence-electron chi connectivity index (χ3n) is 6.99. The third kappa shape index (κ3) is 6.95. The highest BCUT2D eigenvalue weighted by Gasteiger charge is 2.27. The van der Waals surface area contributed by atoms with Gasteiger partial charge in [-0.25, -0.2) is 15.0 Å². The quantitative estimate of drug-likeness (QED) is 0.386. The van der Waals surface area contributed by atoms with Gasteiger partial charge in [0.15, 0.2) is 0 Å². The Labute approximate surface area is 225 Å². The van der Waals surface area contributed by atoms with Crippen LogP contribution in [0.5, 0.6) is 0 Å². The van der Waals surface area contributed by atoms with Crippen molar-refractivity contribution in [2.24, 2.45) is 5.92 Å². The summed E-state index contributed by atoms with van der Waals surface area (Å²) in [7, 11) is 1.81. The first-order chi connectivity index (χ1) is 18.3. The summed E-state index contributed by atoms with van der Waals surface area (Å²) in [5.41, 5.74) is 6.11. The minimum atomic E-state index is -0.0920. The summed E-state index contributed by atoms with van der Waals surface area (Å²) in [6, 6.07) is 14.3. The van der Waals surface area contributed by atoms with E-state index in [2.05, 4.69) is 41.3 Å². The van der Waals surface area contributed by atoms with E-state index in [0.717, 1.165) is 35.2 Å². The van der Waals surface area contributed by atoms with E-state index < -0.39 is 0 Å². The molecule has 1 aromatic heterocycles. The molecule has 0 fully saturated rings. The predicted octanol–water partition coefficient (Wildman–Crippen LogP) is 4.20. The first-order valence-electron chi connectivity index (χ1n) is 13.3. The summed E-state index contributed by atoms with van der Waals surface area (Å²) < 4.78 is 0. The van der Waals surface area contributed by atoms with Crippen LogP contribution in [0.25, 0.3) is 11.1 Å². The van der Waals surface area contributed by atoms with Crippen molar-refractivity contribution in [3.8, 4) is 11.1 Å². The Morgan fingerprint density at radius 1 is 1.00 bits per heavy atom. The summed E-state index contributed by atoms with van der Waals surface area (Å²) in [6.45, 7) is 8.55. The molecule has 0 bridgehead atoms. The van der Waals surface area contributed by atoms with E-state index in [-0.39, 0.29) is 24.9 Å². The number of aryl methyl sites for hydroxylation is 1. The Morgan fingerprint density at radius 3 is 2.34 bits per heavy atom. The predicted molar refractivity (Wildman–Crippen MR) is 150 cm³/mol. The van der Waals surface area contributed by atoms with Gasteiger partial charge in [-0.05, 0) is 54.0 Å². The smallest absolute Gasteiger partial charge is 0.256 e. The Hall–Kier alpha value is -3.78. The highest BCUT2D eigenvalue weighted by Crippen LogP contribution is 2.28. The van der Waals surface area contributed by atoms with Crippen LogP contribution in [0.1, 0.15) is 43.4 Å². The lowest BCUT2D eigenvalue weighted by Gasteiger charge is -2.32. The molecule has 4 rings (SSSR count). The van der Waals surface area contributed by atoms with Crippen molar-refractivity contribution in [3.63, 3.8) is 0 Å². The van der Waals surface area contributed by atoms with Crippen LogP contribution in [0.2, 0.25) is 0 Å². The number of carbonyl (C=O) groups excluding carboxylic acids is 2. The van der Waals surface area contributed by atoms with Crippen molar-refractivity contribution >= 4 is 17.5 Å². The number of rotatable bonds is 11. The van der Waals surface area contributed by atoms with Gasteiger partial charge in [0.2, 0.25) is 5.91 Å². The van der Waals surface area contributed by atoms with Crippen LogP contribution in [0.3, 0.4) is 0 Å². The molecule has 2 amide bonds. The second-order valence-electron chi connectivity index (χ2n) is 10.4. The topological polar surface area (TPSA) is 81.7 Å². The highest BCUT2D eigenvalue weighted by molar-refractivity contribution is 5.87. The lowest BCUT2D eigenvalue weighted by Crippen LogP contribution is -2.48. The van der Waals surface area contributed by atoms with Crippen LogP contribution in [0, 0.1) is 12.8 Å². The number of aromatic nitrogens is 2. The number of hydrogen-bond donors (Lipinski definition) is 1. The average molecular weight is 515 g/mol. The van der Waals surface area contributed by atoms with Crippen LogP contribution in [-0.2, 0) is 22.7 Å². The number of anilines is 1. The summed E-state index contributed by atoms with van der Waals surface area (Å²) in [4.78, 5) is 36.7. The van der Waals surface area contributed by atoms with Crippen LogP contribution in [0.15, 0.2) is 61.2 Å². The summed E-state index contributed by atoms with van der Waals surface area (Å²) >= 11 is 0. The third-order valence-corrected chi connectivity index (χ3v) is 6.99. The van der Waals surface area contributed by atoms with Crippen molar-refractivity contribution < 1.29 is 9.59 Å². The molecule has 2 heterocycles. The number of carbonyl (C=O) groups is 2. The molecule has 0 spiro atoms. The number of amides is 2. The van der Waals surface area contributed by atoms with Gasteiger partial charge in [-0.3, -0.25) is 14.6 Å². The van der Waals surface area contributed by atoms with Gasteiger partial charge in [0.25, 0.3) is 5.91 Å². The maximum absolute atomic E-state index is 13.5. The summed E-state index contributed by atoms with van der Waals surface area (Å²) in [5.74, 6) is 0.435. The van der Waals surface area contributed by atoms with Crippen LogP contribution < -0.4 is 10.2 Å². The molecule has 0 saturated carbocycles. The summed E-state index contributed by atoms with van der Waals surface area (Å²) in [5, 5.41) is 6.77. The minimum Gasteiger partial charge on any atom is -0.355 e. The fourth-order valence-corrected chi connectivity index (χ4v) is 4.72. The first-order valence-corrected chi connectivity index (χ1v) is 13.3. The van der Waals surface area contributed by atoms with Crippen molar-refractivity contribution in [1.82, 2.24) is 25.3 Å². The average Bonchev–Trinajstić information content (AvgIpc) is 3.35. The molecule has 2 aromatic carbocycles. The first kappa shape index (κ1) is 27.3. The van der Waals surface area contributed by atoms with Crippen LogP contribution in [-0.4, -0.2) is 58.5 Å². The molecule has 8 nitrogen and oxygen atoms in total. The second kappa shape index (κ2) is 12.6. The molecule has 0 radical (unpaired) electrons. The number of nitrogens with one attached hydrogen (secondary N) is 1. The molecule has 8 heteroatoms. The molecule has 1 aliphatic heterocycles. The van der Waals surface area contributed by atoms with Gasteiger partial charge >= 0.3 is 0 Å². The maximum atomic E-state index is 13.5. The molecule has 200 valence electrons. The van der Waals surface area contributed by atoms with Gasteiger partial charge in [-0.15, -0.1) is 0 Å². The Morgan fingerprint density at radius 2 is 1.68 bits per heavy atom. The van der Waals surface area contributed by atoms with Gasteiger partial charge < -0.3 is 10.2 Å². The van der Waals surface area contributed by atoms with Gasteiger partial charge in [0.1, 0.15) is 6.33 Å². The molecular weight excluding hydrogens is 476 g/mol. The molecule has 3 aromatic rings. The van der Waals surface area contributed by atoms with E-state index >= 15 is 0 Å². The van der Waals surface area contributed by atoms with E-state index in [1.807, 2.05) is 54.2 Å². The Balaban J connectivity index is 1.52. The van der Waals surface area contributed by atoms with Crippen LogP contribution >= 0.6 is 0 Å². The van der Waals surface area contributed by atoms with E-state index in [4.69, 9.17) is 0 Å². The van der Waals surface area contributed by atoms with E-state index in [1.165, 1.54) is 17.5 Å². The van der Waals surface area contributed by atoms with E-state index in [0.29, 0.717) is 25.6 Å². The second-order valence-corrected chi connectivity index (χ2v) is 10.4. The molecule has 0 atom stereocenters. The maximum Gasteiger partial charge on any atom is 0.256 e. The molecular formula is C30H38N6O2. The minimum absolute atomic E-state index is 0.0711. The number of benzene rings is 2. The lowest BCUT2D eigenvalue weighted by atomic mass is 10.0. The summed E-state index contributed by atoms with van der Waals surface area (Å²) in [6.07, 6.45) is 7.02. The SMILES string of the molecule is Cc1ccc(-c2cncnc2)cc1N(CC(=O)NCCCC(C)C)CC(=O)N(C)N1Cc2ccccc2C1. The number of hydrazine groups is 1. The van der Waals surface area contributed by atoms with Crippen molar-refractivity contribution in [2.45, 2.75) is 46.7 Å². The van der Waals surface area contributed by atoms with Crippen molar-refractivity contribution in [2.75, 3.05) is 31.6 Å². The zero-order chi connectivity index (χ0) is 27.1. The number of fused-ring (bicyclic) bond motifs is 1. The van der Waals surface area contributed by atoms with Gasteiger partial charge in [0, 0.05) is 50.3 Å². The van der Waals surface area contributed by atoms with E-state index in [9.17, 15) is 9.59 Å². The largest absolute Gasteiger partial charge is 0.355 e. The lowest BCUT2D eigenvalue weighted by molar-refractivity contribution is -0.145. The van der Waals surface area contributed by atoms with Crippen molar-refractivity contribution in [1.29, 1.82) is 0 Å². The number of nitrogens with zero attached hydrogens (tertiary/aromatic N) is 5. The monoisotopic (exact) mass is 514 g/mol.